The predicted octanol–water partition coefficient (Wildman–Crippen LogP) is 3.22. The molecule has 15 heavy (non-hydrogen) atoms. The molecule has 1 saturated heterocycles. The molecule has 2 atom stereocenters. The maximum absolute atomic E-state index is 5.95. The molecule has 0 aliphatic carbocycles. The van der Waals surface area contributed by atoms with Crippen molar-refractivity contribution in [2.45, 2.75) is 18.1 Å². The summed E-state index contributed by atoms with van der Waals surface area (Å²) in [4.78, 5) is 0. The second-order valence-electron chi connectivity index (χ2n) is 4.03. The average molecular weight is 243 g/mol. The zero-order valence-corrected chi connectivity index (χ0v) is 10.2. The van der Waals surface area contributed by atoms with Gasteiger partial charge in [0.2, 0.25) is 0 Å². The molecular weight excluding hydrogens is 228 g/mol. The van der Waals surface area contributed by atoms with Crippen molar-refractivity contribution in [2.24, 2.45) is 5.92 Å². The zero-order valence-electron chi connectivity index (χ0n) is 8.53. The van der Waals surface area contributed by atoms with Gasteiger partial charge in [-0.25, -0.2) is 0 Å². The molecule has 0 bridgehead atoms. The molecule has 0 radical (unpaired) electrons. The first-order valence-electron chi connectivity index (χ1n) is 5.26. The van der Waals surface area contributed by atoms with Crippen LogP contribution in [0.25, 0.3) is 0 Å². The first-order valence-corrected chi connectivity index (χ1v) is 6.15. The van der Waals surface area contributed by atoms with E-state index < -0.39 is 0 Å². The highest BCUT2D eigenvalue weighted by atomic mass is 35.5. The molecule has 2 unspecified atom stereocenters. The molecule has 1 aliphatic heterocycles. The van der Waals surface area contributed by atoms with Gasteiger partial charge in [0.05, 0.1) is 6.61 Å². The summed E-state index contributed by atoms with van der Waals surface area (Å²) >= 11 is 10.5. The summed E-state index contributed by atoms with van der Waals surface area (Å²) in [5.74, 6) is 0.514. The highest BCUT2D eigenvalue weighted by Gasteiger charge is 2.22. The van der Waals surface area contributed by atoms with Crippen LogP contribution in [-0.2, 0) is 11.2 Å². The van der Waals surface area contributed by atoms with E-state index in [9.17, 15) is 0 Å². The van der Waals surface area contributed by atoms with E-state index in [0.717, 1.165) is 31.1 Å². The smallest absolute Gasteiger partial charge is 0.0507 e. The van der Waals surface area contributed by atoms with E-state index in [0.29, 0.717) is 11.2 Å². The largest absolute Gasteiger partial charge is 0.381 e. The Morgan fingerprint density at radius 3 is 3.07 bits per heavy atom. The number of ether oxygens (including phenoxy) is 1. The summed E-state index contributed by atoms with van der Waals surface area (Å²) in [7, 11) is 0. The van der Waals surface area contributed by atoms with Gasteiger partial charge in [-0.2, -0.15) is 12.6 Å². The number of halogens is 1. The number of thiol groups is 1. The summed E-state index contributed by atoms with van der Waals surface area (Å²) < 4.78 is 5.47. The van der Waals surface area contributed by atoms with Gasteiger partial charge in [-0.3, -0.25) is 0 Å². The molecule has 2 rings (SSSR count). The van der Waals surface area contributed by atoms with Crippen LogP contribution >= 0.6 is 24.2 Å². The van der Waals surface area contributed by atoms with Gasteiger partial charge in [-0.1, -0.05) is 23.7 Å². The summed E-state index contributed by atoms with van der Waals surface area (Å²) in [6.07, 6.45) is 2.06. The van der Waals surface area contributed by atoms with Crippen LogP contribution in [0.1, 0.15) is 12.0 Å². The maximum atomic E-state index is 5.95. The van der Waals surface area contributed by atoms with E-state index >= 15 is 0 Å². The topological polar surface area (TPSA) is 9.23 Å². The highest BCUT2D eigenvalue weighted by Crippen LogP contribution is 2.24. The van der Waals surface area contributed by atoms with E-state index in [2.05, 4.69) is 18.7 Å². The highest BCUT2D eigenvalue weighted by molar-refractivity contribution is 7.81. The number of benzene rings is 1. The van der Waals surface area contributed by atoms with Crippen LogP contribution in [0.15, 0.2) is 24.3 Å². The van der Waals surface area contributed by atoms with Crippen molar-refractivity contribution in [2.75, 3.05) is 13.2 Å². The molecule has 0 saturated carbocycles. The van der Waals surface area contributed by atoms with E-state index in [1.165, 1.54) is 5.56 Å². The van der Waals surface area contributed by atoms with Gasteiger partial charge in [0.1, 0.15) is 0 Å². The maximum Gasteiger partial charge on any atom is 0.0507 e. The fourth-order valence-electron chi connectivity index (χ4n) is 1.95. The van der Waals surface area contributed by atoms with E-state index in [4.69, 9.17) is 16.3 Å². The Morgan fingerprint density at radius 1 is 1.47 bits per heavy atom. The Kier molecular flexibility index (Phi) is 3.95. The lowest BCUT2D eigenvalue weighted by atomic mass is 9.94. The van der Waals surface area contributed by atoms with Crippen LogP contribution in [-0.4, -0.2) is 18.5 Å². The number of hydrogen-bond donors (Lipinski definition) is 1. The number of hydrogen-bond acceptors (Lipinski definition) is 2. The van der Waals surface area contributed by atoms with Crippen molar-refractivity contribution in [3.63, 3.8) is 0 Å². The van der Waals surface area contributed by atoms with Gasteiger partial charge >= 0.3 is 0 Å². The van der Waals surface area contributed by atoms with Gasteiger partial charge in [-0.15, -0.1) is 0 Å². The molecule has 0 amide bonds. The van der Waals surface area contributed by atoms with Gasteiger partial charge in [0.25, 0.3) is 0 Å². The molecule has 1 heterocycles. The molecule has 0 spiro atoms. The lowest BCUT2D eigenvalue weighted by Crippen LogP contribution is -2.29. The SMILES string of the molecule is SC1CCOCC1Cc1cccc(Cl)c1. The first kappa shape index (κ1) is 11.3. The van der Waals surface area contributed by atoms with Crippen molar-refractivity contribution in [1.82, 2.24) is 0 Å². The molecular formula is C12H15ClOS. The van der Waals surface area contributed by atoms with E-state index in [1.807, 2.05) is 18.2 Å². The summed E-state index contributed by atoms with van der Waals surface area (Å²) in [6, 6.07) is 8.03. The van der Waals surface area contributed by atoms with Gasteiger partial charge in [0.15, 0.2) is 0 Å². The zero-order chi connectivity index (χ0) is 10.7. The molecule has 1 fully saturated rings. The second kappa shape index (κ2) is 5.24. The van der Waals surface area contributed by atoms with Crippen LogP contribution in [0.3, 0.4) is 0 Å². The predicted molar refractivity (Wildman–Crippen MR) is 66.9 cm³/mol. The third-order valence-corrected chi connectivity index (χ3v) is 3.74. The van der Waals surface area contributed by atoms with E-state index in [-0.39, 0.29) is 0 Å². The molecule has 82 valence electrons. The molecule has 0 aromatic heterocycles. The minimum Gasteiger partial charge on any atom is -0.381 e. The molecule has 1 nitrogen and oxygen atoms in total. The average Bonchev–Trinajstić information content (AvgIpc) is 2.22. The van der Waals surface area contributed by atoms with Crippen LogP contribution < -0.4 is 0 Å². The standard InChI is InChI=1S/C12H15ClOS/c13-11-3-1-2-9(7-11)6-10-8-14-5-4-12(10)15/h1-3,7,10,12,15H,4-6,8H2. The van der Waals surface area contributed by atoms with Crippen molar-refractivity contribution >= 4 is 24.2 Å². The van der Waals surface area contributed by atoms with Crippen molar-refractivity contribution in [3.05, 3.63) is 34.9 Å². The Labute approximate surface area is 101 Å². The van der Waals surface area contributed by atoms with Crippen LogP contribution in [0.5, 0.6) is 0 Å². The normalized spacial score (nSPS) is 26.5. The fraction of sp³-hybridized carbons (Fsp3) is 0.500. The third kappa shape index (κ3) is 3.13. The summed E-state index contributed by atoms with van der Waals surface area (Å²) in [5.41, 5.74) is 1.28. The second-order valence-corrected chi connectivity index (χ2v) is 5.12. The quantitative estimate of drug-likeness (QED) is 0.784. The fourth-order valence-corrected chi connectivity index (χ4v) is 2.46. The Bertz CT molecular complexity index is 329. The van der Waals surface area contributed by atoms with E-state index in [1.54, 1.807) is 0 Å². The molecule has 1 aliphatic rings. The molecule has 3 heteroatoms. The van der Waals surface area contributed by atoms with Crippen molar-refractivity contribution < 1.29 is 4.74 Å². The lowest BCUT2D eigenvalue weighted by Gasteiger charge is -2.28. The molecule has 0 N–H and O–H groups in total. The Balaban J connectivity index is 2.01. The van der Waals surface area contributed by atoms with Crippen molar-refractivity contribution in [3.8, 4) is 0 Å². The lowest BCUT2D eigenvalue weighted by molar-refractivity contribution is 0.0596. The Hall–Kier alpha value is -0.180. The monoisotopic (exact) mass is 242 g/mol. The molecule has 1 aromatic rings. The van der Waals surface area contributed by atoms with Crippen LogP contribution in [0, 0.1) is 5.92 Å². The third-order valence-electron chi connectivity index (χ3n) is 2.82. The summed E-state index contributed by atoms with van der Waals surface area (Å²) in [5, 5.41) is 1.26. The first-order chi connectivity index (χ1) is 7.25. The summed E-state index contributed by atoms with van der Waals surface area (Å²) in [6.45, 7) is 1.67. The Morgan fingerprint density at radius 2 is 2.33 bits per heavy atom. The van der Waals surface area contributed by atoms with Gasteiger partial charge < -0.3 is 4.74 Å². The van der Waals surface area contributed by atoms with Gasteiger partial charge in [-0.05, 0) is 36.5 Å². The molecule has 1 aromatic carbocycles. The van der Waals surface area contributed by atoms with Crippen LogP contribution in [0.2, 0.25) is 5.02 Å². The van der Waals surface area contributed by atoms with Crippen molar-refractivity contribution in [1.29, 1.82) is 0 Å². The minimum atomic E-state index is 0.456. The number of rotatable bonds is 2. The minimum absolute atomic E-state index is 0.456. The van der Waals surface area contributed by atoms with Gasteiger partial charge in [0, 0.05) is 16.9 Å². The van der Waals surface area contributed by atoms with Crippen LogP contribution in [0.4, 0.5) is 0 Å².